The van der Waals surface area contributed by atoms with Crippen LogP contribution >= 0.6 is 11.6 Å². The van der Waals surface area contributed by atoms with Crippen LogP contribution in [-0.2, 0) is 9.59 Å². The number of hydroxylamine groups is 1. The number of piperazine rings is 1. The van der Waals surface area contributed by atoms with E-state index < -0.39 is 17.9 Å². The number of nitrogens with zero attached hydrogens (tertiary/aromatic N) is 3. The van der Waals surface area contributed by atoms with Crippen LogP contribution in [0.5, 0.6) is 0 Å². The molecule has 1 aromatic heterocycles. The molecule has 3 N–H and O–H groups in total. The van der Waals surface area contributed by atoms with Gasteiger partial charge in [-0.05, 0) is 31.4 Å². The Hall–Kier alpha value is -1.90. The zero-order chi connectivity index (χ0) is 20.1. The maximum absolute atomic E-state index is 13.0. The number of nitrogens with one attached hydrogen (secondary N) is 1. The fraction of sp³-hybridized carbons (Fsp3) is 0.611. The zero-order valence-electron chi connectivity index (χ0n) is 15.8. The molecule has 3 atom stereocenters. The number of aliphatic hydroxyl groups is 1. The fourth-order valence-electron chi connectivity index (χ4n) is 3.38. The number of hydrogen-bond acceptors (Lipinski definition) is 6. The van der Waals surface area contributed by atoms with Gasteiger partial charge in [0, 0.05) is 31.9 Å². The molecule has 2 heterocycles. The monoisotopic (exact) mass is 398 g/mol. The van der Waals surface area contributed by atoms with Crippen molar-refractivity contribution in [2.24, 2.45) is 11.8 Å². The molecule has 2 amide bonds. The quantitative estimate of drug-likeness (QED) is 0.492. The number of carbonyl (C=O) groups excluding carboxylic acids is 2. The van der Waals surface area contributed by atoms with E-state index in [4.69, 9.17) is 16.8 Å². The van der Waals surface area contributed by atoms with Gasteiger partial charge in [-0.15, -0.1) is 0 Å². The Morgan fingerprint density at radius 2 is 2.07 bits per heavy atom. The van der Waals surface area contributed by atoms with Crippen molar-refractivity contribution in [2.75, 3.05) is 24.5 Å². The summed E-state index contributed by atoms with van der Waals surface area (Å²) in [5, 5.41) is 19.6. The summed E-state index contributed by atoms with van der Waals surface area (Å²) in [4.78, 5) is 32.8. The molecule has 150 valence electrons. The number of hydrogen-bond donors (Lipinski definition) is 3. The number of amides is 2. The molecule has 1 aliphatic heterocycles. The topological polar surface area (TPSA) is 106 Å². The summed E-state index contributed by atoms with van der Waals surface area (Å²) in [6.07, 6.45) is 0.341. The smallest absolute Gasteiger partial charge is 0.272 e. The van der Waals surface area contributed by atoms with Gasteiger partial charge in [-0.25, -0.2) is 10.5 Å². The molecular weight excluding hydrogens is 372 g/mol. The summed E-state index contributed by atoms with van der Waals surface area (Å²) in [6, 6.07) is 3.49. The average molecular weight is 399 g/mol. The van der Waals surface area contributed by atoms with Crippen LogP contribution in [0.2, 0.25) is 5.02 Å². The number of anilines is 1. The number of aliphatic hydroxyl groups excluding tert-OH is 1. The third kappa shape index (κ3) is 5.31. The van der Waals surface area contributed by atoms with Gasteiger partial charge in [-0.1, -0.05) is 25.4 Å². The van der Waals surface area contributed by atoms with E-state index in [0.717, 1.165) is 5.82 Å². The van der Waals surface area contributed by atoms with Crippen molar-refractivity contribution in [3.05, 3.63) is 23.4 Å². The van der Waals surface area contributed by atoms with Crippen LogP contribution in [0, 0.1) is 11.8 Å². The lowest BCUT2D eigenvalue weighted by molar-refractivity contribution is -0.152. The number of pyridine rings is 1. The summed E-state index contributed by atoms with van der Waals surface area (Å²) in [5.41, 5.74) is 1.43. The summed E-state index contributed by atoms with van der Waals surface area (Å²) in [6.45, 7) is 7.37. The minimum absolute atomic E-state index is 0.106. The molecule has 9 heteroatoms. The number of rotatable bonds is 6. The molecule has 0 aromatic carbocycles. The number of carbonyl (C=O) groups is 2. The maximum Gasteiger partial charge on any atom is 0.272 e. The molecule has 1 aromatic rings. The van der Waals surface area contributed by atoms with Crippen molar-refractivity contribution in [2.45, 2.75) is 39.3 Å². The SMILES string of the molecule is CC(C)C[C@H](C(=O)N1CCN(c2ccc(Cl)cn2)CC1C)[C@@H](O)C(=O)NO. The van der Waals surface area contributed by atoms with Gasteiger partial charge in [0.2, 0.25) is 5.91 Å². The van der Waals surface area contributed by atoms with Gasteiger partial charge in [0.1, 0.15) is 11.9 Å². The maximum atomic E-state index is 13.0. The number of halogens is 1. The molecular formula is C18H27ClN4O4. The highest BCUT2D eigenvalue weighted by atomic mass is 35.5. The summed E-state index contributed by atoms with van der Waals surface area (Å²) in [5.74, 6) is -1.26. The van der Waals surface area contributed by atoms with Crippen LogP contribution in [0.15, 0.2) is 18.3 Å². The van der Waals surface area contributed by atoms with Gasteiger partial charge in [0.05, 0.1) is 10.9 Å². The Morgan fingerprint density at radius 3 is 2.59 bits per heavy atom. The second-order valence-electron chi connectivity index (χ2n) is 7.32. The second-order valence-corrected chi connectivity index (χ2v) is 7.75. The van der Waals surface area contributed by atoms with Crippen LogP contribution in [0.4, 0.5) is 5.82 Å². The molecule has 0 saturated carbocycles. The van der Waals surface area contributed by atoms with Crippen LogP contribution in [0.25, 0.3) is 0 Å². The third-order valence-corrected chi connectivity index (χ3v) is 4.97. The highest BCUT2D eigenvalue weighted by Crippen LogP contribution is 2.24. The Bertz CT molecular complexity index is 655. The lowest BCUT2D eigenvalue weighted by Crippen LogP contribution is -2.57. The van der Waals surface area contributed by atoms with Crippen molar-refractivity contribution in [1.82, 2.24) is 15.4 Å². The molecule has 8 nitrogen and oxygen atoms in total. The fourth-order valence-corrected chi connectivity index (χ4v) is 3.49. The van der Waals surface area contributed by atoms with Gasteiger partial charge in [-0.3, -0.25) is 14.8 Å². The minimum Gasteiger partial charge on any atom is -0.382 e. The molecule has 0 aliphatic carbocycles. The second kappa shape index (κ2) is 9.34. The first-order chi connectivity index (χ1) is 12.7. The molecule has 1 saturated heterocycles. The van der Waals surface area contributed by atoms with Crippen molar-refractivity contribution in [3.8, 4) is 0 Å². The van der Waals surface area contributed by atoms with Gasteiger partial charge < -0.3 is 14.9 Å². The predicted octanol–water partition coefficient (Wildman–Crippen LogP) is 1.30. The van der Waals surface area contributed by atoms with E-state index in [2.05, 4.69) is 9.88 Å². The first kappa shape index (κ1) is 21.4. The molecule has 1 unspecified atom stereocenters. The minimum atomic E-state index is -1.59. The normalized spacial score (nSPS) is 19.7. The Kier molecular flexibility index (Phi) is 7.41. The largest absolute Gasteiger partial charge is 0.382 e. The Morgan fingerprint density at radius 1 is 1.37 bits per heavy atom. The summed E-state index contributed by atoms with van der Waals surface area (Å²) < 4.78 is 0. The van der Waals surface area contributed by atoms with Gasteiger partial charge in [0.25, 0.3) is 5.91 Å². The van der Waals surface area contributed by atoms with Crippen LogP contribution in [-0.4, -0.2) is 63.8 Å². The molecule has 0 bridgehead atoms. The highest BCUT2D eigenvalue weighted by molar-refractivity contribution is 6.30. The van der Waals surface area contributed by atoms with Crippen molar-refractivity contribution < 1.29 is 19.9 Å². The summed E-state index contributed by atoms with van der Waals surface area (Å²) in [7, 11) is 0. The van der Waals surface area contributed by atoms with E-state index >= 15 is 0 Å². The van der Waals surface area contributed by atoms with E-state index in [1.165, 1.54) is 5.48 Å². The van der Waals surface area contributed by atoms with Gasteiger partial charge >= 0.3 is 0 Å². The lowest BCUT2D eigenvalue weighted by atomic mass is 9.89. The molecule has 27 heavy (non-hydrogen) atoms. The zero-order valence-corrected chi connectivity index (χ0v) is 16.6. The predicted molar refractivity (Wildman–Crippen MR) is 102 cm³/mol. The molecule has 0 radical (unpaired) electrons. The highest BCUT2D eigenvalue weighted by Gasteiger charge is 2.38. The van der Waals surface area contributed by atoms with Gasteiger partial charge in [-0.2, -0.15) is 0 Å². The van der Waals surface area contributed by atoms with E-state index in [0.29, 0.717) is 31.1 Å². The Labute approximate surface area is 164 Å². The first-order valence-corrected chi connectivity index (χ1v) is 9.41. The number of aromatic nitrogens is 1. The molecule has 0 spiro atoms. The first-order valence-electron chi connectivity index (χ1n) is 9.03. The van der Waals surface area contributed by atoms with Crippen molar-refractivity contribution in [3.63, 3.8) is 0 Å². The lowest BCUT2D eigenvalue weighted by Gasteiger charge is -2.42. The van der Waals surface area contributed by atoms with Gasteiger partial charge in [0.15, 0.2) is 0 Å². The van der Waals surface area contributed by atoms with Crippen LogP contribution in [0.3, 0.4) is 0 Å². The van der Waals surface area contributed by atoms with Crippen LogP contribution in [0.1, 0.15) is 27.2 Å². The van der Waals surface area contributed by atoms with E-state index in [1.54, 1.807) is 17.2 Å². The van der Waals surface area contributed by atoms with Crippen molar-refractivity contribution >= 4 is 29.2 Å². The van der Waals surface area contributed by atoms with Crippen LogP contribution < -0.4 is 10.4 Å². The molecule has 2 rings (SSSR count). The standard InChI is InChI=1S/C18H27ClN4O4/c1-11(2)8-14(16(24)17(25)21-27)18(26)23-7-6-22(10-12(23)3)15-5-4-13(19)9-20-15/h4-5,9,11-12,14,16,24,27H,6-8,10H2,1-3H3,(H,21,25)/t12?,14-,16+/m0/s1. The average Bonchev–Trinajstić information content (AvgIpc) is 2.64. The summed E-state index contributed by atoms with van der Waals surface area (Å²) >= 11 is 5.88. The molecule has 1 aliphatic rings. The molecule has 1 fully saturated rings. The van der Waals surface area contributed by atoms with E-state index in [-0.39, 0.29) is 17.9 Å². The third-order valence-electron chi connectivity index (χ3n) is 4.75. The van der Waals surface area contributed by atoms with Crippen molar-refractivity contribution in [1.29, 1.82) is 0 Å². The van der Waals surface area contributed by atoms with E-state index in [9.17, 15) is 14.7 Å². The van der Waals surface area contributed by atoms with E-state index in [1.807, 2.05) is 26.8 Å². The Balaban J connectivity index is 2.10.